The third-order valence-electron chi connectivity index (χ3n) is 7.23. The molecule has 0 aliphatic heterocycles. The van der Waals surface area contributed by atoms with Gasteiger partial charge in [0.05, 0.1) is 34.7 Å². The fraction of sp³-hybridized carbons (Fsp3) is 0. The zero-order chi connectivity index (χ0) is 27.8. The fourth-order valence-corrected chi connectivity index (χ4v) is 6.35. The van der Waals surface area contributed by atoms with E-state index >= 15 is 0 Å². The van der Waals surface area contributed by atoms with Crippen molar-refractivity contribution in [2.45, 2.75) is 0 Å². The zero-order valence-corrected chi connectivity index (χ0v) is 22.6. The van der Waals surface area contributed by atoms with Crippen molar-refractivity contribution in [2.75, 3.05) is 0 Å². The van der Waals surface area contributed by atoms with Crippen LogP contribution in [0.15, 0.2) is 122 Å². The molecule has 3 aromatic heterocycles. The largest absolute Gasteiger partial charge is 0.256 e. The molecule has 0 aliphatic rings. The summed E-state index contributed by atoms with van der Waals surface area (Å²) in [6.07, 6.45) is 3.36. The van der Waals surface area contributed by atoms with Crippen molar-refractivity contribution in [3.8, 4) is 56.9 Å². The molecule has 0 aliphatic carbocycles. The summed E-state index contributed by atoms with van der Waals surface area (Å²) in [5.74, 6) is 0. The third-order valence-corrected chi connectivity index (χ3v) is 8.35. The van der Waals surface area contributed by atoms with Crippen LogP contribution >= 0.6 is 11.3 Å². The van der Waals surface area contributed by atoms with Gasteiger partial charge < -0.3 is 0 Å². The Morgan fingerprint density at radius 2 is 0.902 bits per heavy atom. The first-order valence-electron chi connectivity index (χ1n) is 13.1. The molecule has 4 nitrogen and oxygen atoms in total. The molecule has 0 saturated carbocycles. The van der Waals surface area contributed by atoms with Gasteiger partial charge in [-0.1, -0.05) is 60.7 Å². The Bertz CT molecular complexity index is 2040. The summed E-state index contributed by atoms with van der Waals surface area (Å²) in [5, 5.41) is 21.0. The van der Waals surface area contributed by atoms with E-state index in [9.17, 15) is 10.5 Å². The molecule has 0 saturated heterocycles. The van der Waals surface area contributed by atoms with Crippen LogP contribution in [0, 0.1) is 22.7 Å². The lowest BCUT2D eigenvalue weighted by molar-refractivity contribution is 1.31. The maximum Gasteiger partial charge on any atom is 0.0992 e. The average molecular weight is 541 g/mol. The minimum absolute atomic E-state index is 0.600. The number of hydrogen-bond donors (Lipinski definition) is 0. The maximum atomic E-state index is 9.27. The van der Waals surface area contributed by atoms with E-state index in [4.69, 9.17) is 0 Å². The molecular formula is C36H20N4S. The van der Waals surface area contributed by atoms with E-state index in [1.807, 2.05) is 36.4 Å². The van der Waals surface area contributed by atoms with Crippen molar-refractivity contribution < 1.29 is 0 Å². The van der Waals surface area contributed by atoms with Gasteiger partial charge in [0.25, 0.3) is 0 Å². The highest BCUT2D eigenvalue weighted by atomic mass is 32.1. The van der Waals surface area contributed by atoms with E-state index in [1.54, 1.807) is 35.9 Å². The highest BCUT2D eigenvalue weighted by molar-refractivity contribution is 7.25. The number of benzene rings is 4. The van der Waals surface area contributed by atoms with E-state index in [1.165, 1.54) is 20.2 Å². The summed E-state index contributed by atoms with van der Waals surface area (Å²) in [4.78, 5) is 8.94. The van der Waals surface area contributed by atoms with Gasteiger partial charge >= 0.3 is 0 Å². The molecule has 190 valence electrons. The fourth-order valence-electron chi connectivity index (χ4n) is 5.17. The Labute approximate surface area is 241 Å². The van der Waals surface area contributed by atoms with E-state index in [0.717, 1.165) is 44.8 Å². The molecule has 41 heavy (non-hydrogen) atoms. The number of nitriles is 2. The van der Waals surface area contributed by atoms with Crippen molar-refractivity contribution in [2.24, 2.45) is 0 Å². The summed E-state index contributed by atoms with van der Waals surface area (Å²) < 4.78 is 2.46. The molecule has 7 aromatic rings. The highest BCUT2D eigenvalue weighted by Gasteiger charge is 2.11. The van der Waals surface area contributed by atoms with E-state index in [-0.39, 0.29) is 0 Å². The molecule has 4 aromatic carbocycles. The smallest absolute Gasteiger partial charge is 0.0992 e. The third kappa shape index (κ3) is 4.61. The first-order valence-corrected chi connectivity index (χ1v) is 13.9. The van der Waals surface area contributed by atoms with Gasteiger partial charge in [-0.05, 0) is 70.8 Å². The molecule has 0 spiro atoms. The molecule has 0 unspecified atom stereocenters. The normalized spacial score (nSPS) is 10.9. The van der Waals surface area contributed by atoms with Gasteiger partial charge in [0.1, 0.15) is 0 Å². The summed E-state index contributed by atoms with van der Waals surface area (Å²) in [7, 11) is 0. The number of thiophene rings is 1. The lowest BCUT2D eigenvalue weighted by Crippen LogP contribution is -1.86. The second kappa shape index (κ2) is 10.2. The minimum Gasteiger partial charge on any atom is -0.256 e. The lowest BCUT2D eigenvalue weighted by atomic mass is 9.98. The van der Waals surface area contributed by atoms with Gasteiger partial charge in [-0.3, -0.25) is 9.97 Å². The predicted octanol–water partition coefficient (Wildman–Crippen LogP) is 9.26. The predicted molar refractivity (Wildman–Crippen MR) is 166 cm³/mol. The Kier molecular flexibility index (Phi) is 6.06. The first kappa shape index (κ1) is 24.4. The molecular weight excluding hydrogens is 520 g/mol. The van der Waals surface area contributed by atoms with Crippen molar-refractivity contribution in [3.63, 3.8) is 0 Å². The van der Waals surface area contributed by atoms with Gasteiger partial charge in [-0.15, -0.1) is 11.3 Å². The second-order valence-electron chi connectivity index (χ2n) is 9.77. The van der Waals surface area contributed by atoms with E-state index in [0.29, 0.717) is 11.1 Å². The van der Waals surface area contributed by atoms with E-state index < -0.39 is 0 Å². The van der Waals surface area contributed by atoms with Crippen LogP contribution in [0.2, 0.25) is 0 Å². The Balaban J connectivity index is 1.25. The Morgan fingerprint density at radius 3 is 1.37 bits per heavy atom. The number of fused-ring (bicyclic) bond motifs is 3. The molecule has 0 radical (unpaired) electrons. The van der Waals surface area contributed by atoms with Crippen LogP contribution in [0.5, 0.6) is 0 Å². The SMILES string of the molecule is N#Cc1ccnc(-c2cccc(-c3ccc4c(c3)sc3cc(-c5cccc(-c6cc(C#N)ccn6)c5)ccc34)c2)c1. The maximum absolute atomic E-state index is 9.27. The lowest BCUT2D eigenvalue weighted by Gasteiger charge is -2.07. The number of rotatable bonds is 4. The van der Waals surface area contributed by atoms with Crippen LogP contribution in [0.3, 0.4) is 0 Å². The summed E-state index contributed by atoms with van der Waals surface area (Å²) in [6.45, 7) is 0. The second-order valence-corrected chi connectivity index (χ2v) is 10.9. The molecule has 3 heterocycles. The average Bonchev–Trinajstić information content (AvgIpc) is 3.42. The number of aromatic nitrogens is 2. The summed E-state index contributed by atoms with van der Waals surface area (Å²) in [5.41, 5.74) is 9.25. The van der Waals surface area contributed by atoms with Crippen LogP contribution in [-0.4, -0.2) is 9.97 Å². The van der Waals surface area contributed by atoms with Crippen LogP contribution < -0.4 is 0 Å². The van der Waals surface area contributed by atoms with Crippen LogP contribution in [-0.2, 0) is 0 Å². The van der Waals surface area contributed by atoms with Crippen LogP contribution in [0.4, 0.5) is 0 Å². The van der Waals surface area contributed by atoms with Gasteiger partial charge in [0.15, 0.2) is 0 Å². The molecule has 0 N–H and O–H groups in total. The molecule has 0 fully saturated rings. The number of pyridine rings is 2. The highest BCUT2D eigenvalue weighted by Crippen LogP contribution is 2.39. The van der Waals surface area contributed by atoms with Crippen molar-refractivity contribution in [1.29, 1.82) is 10.5 Å². The quantitative estimate of drug-likeness (QED) is 0.223. The Hall–Kier alpha value is -5.62. The molecule has 0 atom stereocenters. The molecule has 0 bridgehead atoms. The molecule has 7 rings (SSSR count). The van der Waals surface area contributed by atoms with Crippen LogP contribution in [0.1, 0.15) is 11.1 Å². The van der Waals surface area contributed by atoms with Crippen LogP contribution in [0.25, 0.3) is 64.9 Å². The first-order chi connectivity index (χ1) is 20.2. The molecule has 5 heteroatoms. The van der Waals surface area contributed by atoms with Crippen molar-refractivity contribution >= 4 is 31.5 Å². The summed E-state index contributed by atoms with van der Waals surface area (Å²) >= 11 is 1.79. The van der Waals surface area contributed by atoms with Gasteiger partial charge in [0, 0.05) is 43.7 Å². The summed E-state index contributed by atoms with van der Waals surface area (Å²) in [6, 6.07) is 41.3. The standard InChI is InChI=1S/C36H20N4S/c37-21-23-11-13-39-33(15-23)29-5-1-3-25(17-29)27-7-9-31-32-10-8-28(20-36(32)41-35(31)19-27)26-4-2-6-30(18-26)34-16-24(22-38)12-14-40-34/h1-20H. The minimum atomic E-state index is 0.600. The topological polar surface area (TPSA) is 73.4 Å². The van der Waals surface area contributed by atoms with Crippen molar-refractivity contribution in [3.05, 3.63) is 133 Å². The Morgan fingerprint density at radius 1 is 0.463 bits per heavy atom. The monoisotopic (exact) mass is 540 g/mol. The van der Waals surface area contributed by atoms with Gasteiger partial charge in [-0.25, -0.2) is 0 Å². The number of hydrogen-bond acceptors (Lipinski definition) is 5. The van der Waals surface area contributed by atoms with Gasteiger partial charge in [0.2, 0.25) is 0 Å². The van der Waals surface area contributed by atoms with Crippen molar-refractivity contribution in [1.82, 2.24) is 9.97 Å². The zero-order valence-electron chi connectivity index (χ0n) is 21.7. The number of nitrogens with zero attached hydrogens (tertiary/aromatic N) is 4. The molecule has 0 amide bonds. The van der Waals surface area contributed by atoms with Gasteiger partial charge in [-0.2, -0.15) is 10.5 Å². The van der Waals surface area contributed by atoms with E-state index in [2.05, 4.69) is 82.8 Å².